The molecule has 0 amide bonds. The number of aryl methyl sites for hydroxylation is 1. The third-order valence-electron chi connectivity index (χ3n) is 4.99. The summed E-state index contributed by atoms with van der Waals surface area (Å²) in [6, 6.07) is 4.45. The summed E-state index contributed by atoms with van der Waals surface area (Å²) in [7, 11) is 1.80. The molecule has 140 valence electrons. The van der Waals surface area contributed by atoms with Crippen molar-refractivity contribution in [2.45, 2.75) is 51.0 Å². The second-order valence-electron chi connectivity index (χ2n) is 6.66. The number of rotatable bonds is 4. The first-order chi connectivity index (χ1) is 12.2. The van der Waals surface area contributed by atoms with E-state index in [9.17, 15) is 0 Å². The van der Waals surface area contributed by atoms with E-state index in [1.165, 1.54) is 6.42 Å². The van der Waals surface area contributed by atoms with Crippen molar-refractivity contribution in [3.05, 3.63) is 42.1 Å². The molecule has 26 heavy (non-hydrogen) atoms. The fraction of sp³-hybridized carbons (Fsp3) is 0.500. The maximum atomic E-state index is 5.89. The zero-order valence-corrected chi connectivity index (χ0v) is 17.4. The van der Waals surface area contributed by atoms with Crippen LogP contribution in [-0.2, 0) is 11.3 Å². The summed E-state index contributed by atoms with van der Waals surface area (Å²) in [6.45, 7) is 2.64. The number of halogens is 1. The number of hydrogen-bond donors (Lipinski definition) is 2. The molecule has 3 atom stereocenters. The van der Waals surface area contributed by atoms with Gasteiger partial charge in [-0.2, -0.15) is 0 Å². The average Bonchev–Trinajstić information content (AvgIpc) is 3.36. The normalized spacial score (nSPS) is 24.4. The van der Waals surface area contributed by atoms with Gasteiger partial charge in [-0.1, -0.05) is 6.07 Å². The summed E-state index contributed by atoms with van der Waals surface area (Å²) in [5.74, 6) is 2.62. The molecule has 0 aliphatic carbocycles. The van der Waals surface area contributed by atoms with Crippen LogP contribution < -0.4 is 10.6 Å². The van der Waals surface area contributed by atoms with Crippen LogP contribution in [-0.4, -0.2) is 45.8 Å². The van der Waals surface area contributed by atoms with Crippen molar-refractivity contribution in [1.82, 2.24) is 25.2 Å². The van der Waals surface area contributed by atoms with Gasteiger partial charge < -0.3 is 15.4 Å². The molecule has 0 saturated carbocycles. The van der Waals surface area contributed by atoms with Crippen LogP contribution in [0.2, 0.25) is 0 Å². The van der Waals surface area contributed by atoms with Gasteiger partial charge in [0, 0.05) is 32.2 Å². The highest BCUT2D eigenvalue weighted by Gasteiger charge is 2.41. The summed E-state index contributed by atoms with van der Waals surface area (Å²) in [5.41, 5.74) is 1.11. The van der Waals surface area contributed by atoms with Crippen molar-refractivity contribution >= 4 is 29.9 Å². The molecule has 4 rings (SSSR count). The Kier molecular flexibility index (Phi) is 6.13. The largest absolute Gasteiger partial charge is 0.373 e. The fourth-order valence-corrected chi connectivity index (χ4v) is 3.63. The van der Waals surface area contributed by atoms with E-state index in [0.29, 0.717) is 24.8 Å². The van der Waals surface area contributed by atoms with Crippen molar-refractivity contribution < 1.29 is 4.74 Å². The number of nitrogens with one attached hydrogen (secondary N) is 2. The number of pyridine rings is 1. The standard InChI is InChI=1S/C18H24N6O.HI/c1-12-20-7-8-24(12)17-6-3-13(10-21-17)11-22-18(19-2)23-15-9-14-4-5-16(15)25-14;/h3,6-8,10,14-16H,4-5,9,11H2,1-2H3,(H2,19,22,23);1H. The maximum absolute atomic E-state index is 5.89. The number of guanidine groups is 1. The van der Waals surface area contributed by atoms with E-state index in [1.807, 2.05) is 30.0 Å². The van der Waals surface area contributed by atoms with Crippen LogP contribution in [0.15, 0.2) is 35.7 Å². The molecule has 2 saturated heterocycles. The summed E-state index contributed by atoms with van der Waals surface area (Å²) < 4.78 is 7.85. The lowest BCUT2D eigenvalue weighted by molar-refractivity contribution is 0.0992. The Balaban J connectivity index is 0.00000196. The number of hydrogen-bond acceptors (Lipinski definition) is 4. The van der Waals surface area contributed by atoms with Crippen molar-refractivity contribution in [2.24, 2.45) is 4.99 Å². The van der Waals surface area contributed by atoms with Crippen LogP contribution in [0.5, 0.6) is 0 Å². The lowest BCUT2D eigenvalue weighted by Crippen LogP contribution is -2.47. The average molecular weight is 468 g/mol. The zero-order valence-electron chi connectivity index (χ0n) is 15.1. The topological polar surface area (TPSA) is 76.4 Å². The third-order valence-corrected chi connectivity index (χ3v) is 4.99. The zero-order chi connectivity index (χ0) is 17.2. The fourth-order valence-electron chi connectivity index (χ4n) is 3.63. The highest BCUT2D eigenvalue weighted by Crippen LogP contribution is 2.34. The van der Waals surface area contributed by atoms with Crippen LogP contribution in [0, 0.1) is 6.92 Å². The van der Waals surface area contributed by atoms with Gasteiger partial charge in [-0.3, -0.25) is 9.56 Å². The second kappa shape index (κ2) is 8.34. The van der Waals surface area contributed by atoms with Crippen LogP contribution in [0.1, 0.15) is 30.7 Å². The molecule has 0 spiro atoms. The van der Waals surface area contributed by atoms with Crippen LogP contribution in [0.25, 0.3) is 5.82 Å². The third kappa shape index (κ3) is 4.01. The van der Waals surface area contributed by atoms with Gasteiger partial charge in [0.2, 0.25) is 0 Å². The van der Waals surface area contributed by atoms with E-state index in [2.05, 4.69) is 31.7 Å². The Morgan fingerprint density at radius 1 is 1.35 bits per heavy atom. The van der Waals surface area contributed by atoms with Crippen molar-refractivity contribution in [3.63, 3.8) is 0 Å². The molecule has 2 fully saturated rings. The molecule has 8 heteroatoms. The Morgan fingerprint density at radius 2 is 2.23 bits per heavy atom. The quantitative estimate of drug-likeness (QED) is 0.409. The Morgan fingerprint density at radius 3 is 2.81 bits per heavy atom. The molecule has 4 heterocycles. The summed E-state index contributed by atoms with van der Waals surface area (Å²) in [6.07, 6.45) is 9.77. The first-order valence-corrected chi connectivity index (χ1v) is 8.81. The van der Waals surface area contributed by atoms with Crippen molar-refractivity contribution in [2.75, 3.05) is 7.05 Å². The molecule has 7 nitrogen and oxygen atoms in total. The highest BCUT2D eigenvalue weighted by atomic mass is 127. The van der Waals surface area contributed by atoms with Crippen molar-refractivity contribution in [1.29, 1.82) is 0 Å². The van der Waals surface area contributed by atoms with E-state index in [0.717, 1.165) is 36.0 Å². The Bertz CT molecular complexity index is 759. The number of fused-ring (bicyclic) bond motifs is 2. The molecule has 2 N–H and O–H groups in total. The van der Waals surface area contributed by atoms with Gasteiger partial charge in [0.15, 0.2) is 5.96 Å². The Hall–Kier alpha value is -1.68. The van der Waals surface area contributed by atoms with Crippen LogP contribution >= 0.6 is 24.0 Å². The van der Waals surface area contributed by atoms with Gasteiger partial charge >= 0.3 is 0 Å². The minimum atomic E-state index is 0. The maximum Gasteiger partial charge on any atom is 0.191 e. The first-order valence-electron chi connectivity index (χ1n) is 8.81. The predicted octanol–water partition coefficient (Wildman–Crippen LogP) is 2.18. The minimum Gasteiger partial charge on any atom is -0.373 e. The van der Waals surface area contributed by atoms with E-state index < -0.39 is 0 Å². The molecule has 2 aromatic heterocycles. The molecule has 3 unspecified atom stereocenters. The number of aromatic nitrogens is 3. The summed E-state index contributed by atoms with van der Waals surface area (Å²) >= 11 is 0. The van der Waals surface area contributed by atoms with Gasteiger partial charge in [0.25, 0.3) is 0 Å². The number of nitrogens with zero attached hydrogens (tertiary/aromatic N) is 4. The van der Waals surface area contributed by atoms with E-state index in [4.69, 9.17) is 4.74 Å². The molecule has 0 radical (unpaired) electrons. The molecule has 2 aliphatic rings. The number of aliphatic imine (C=N–C) groups is 1. The summed E-state index contributed by atoms with van der Waals surface area (Å²) in [5, 5.41) is 6.85. The smallest absolute Gasteiger partial charge is 0.191 e. The number of ether oxygens (including phenoxy) is 1. The monoisotopic (exact) mass is 468 g/mol. The van der Waals surface area contributed by atoms with E-state index in [1.54, 1.807) is 13.2 Å². The molecule has 2 aliphatic heterocycles. The van der Waals surface area contributed by atoms with Gasteiger partial charge in [0.05, 0.1) is 18.2 Å². The highest BCUT2D eigenvalue weighted by molar-refractivity contribution is 14.0. The van der Waals surface area contributed by atoms with E-state index in [-0.39, 0.29) is 24.0 Å². The first kappa shape index (κ1) is 19.1. The lowest BCUT2D eigenvalue weighted by Gasteiger charge is -2.22. The molecule has 0 aromatic carbocycles. The molecule has 2 bridgehead atoms. The van der Waals surface area contributed by atoms with Gasteiger partial charge in [-0.25, -0.2) is 9.97 Å². The van der Waals surface area contributed by atoms with Crippen LogP contribution in [0.3, 0.4) is 0 Å². The molecular formula is C18H25IN6O. The van der Waals surface area contributed by atoms with Crippen molar-refractivity contribution in [3.8, 4) is 5.82 Å². The SMILES string of the molecule is CN=C(NCc1ccc(-n2ccnc2C)nc1)NC1CC2CCC1O2.I. The van der Waals surface area contributed by atoms with Gasteiger partial charge in [-0.05, 0) is 37.8 Å². The lowest BCUT2D eigenvalue weighted by atomic mass is 9.96. The molecule has 2 aromatic rings. The predicted molar refractivity (Wildman–Crippen MR) is 111 cm³/mol. The number of imidazole rings is 1. The van der Waals surface area contributed by atoms with Gasteiger partial charge in [0.1, 0.15) is 11.6 Å². The molecular weight excluding hydrogens is 443 g/mol. The Labute approximate surface area is 170 Å². The van der Waals surface area contributed by atoms with Crippen LogP contribution in [0.4, 0.5) is 0 Å². The second-order valence-corrected chi connectivity index (χ2v) is 6.66. The van der Waals surface area contributed by atoms with E-state index >= 15 is 0 Å². The van der Waals surface area contributed by atoms with Gasteiger partial charge in [-0.15, -0.1) is 24.0 Å². The minimum absolute atomic E-state index is 0. The summed E-state index contributed by atoms with van der Waals surface area (Å²) in [4.78, 5) is 13.1.